The maximum absolute atomic E-state index is 12.6. The highest BCUT2D eigenvalue weighted by Crippen LogP contribution is 2.10. The van der Waals surface area contributed by atoms with Crippen LogP contribution in [-0.4, -0.2) is 14.7 Å². The first-order chi connectivity index (χ1) is 7.65. The van der Waals surface area contributed by atoms with Crippen LogP contribution in [0.2, 0.25) is 0 Å². The van der Waals surface area contributed by atoms with Crippen LogP contribution >= 0.6 is 0 Å². The van der Waals surface area contributed by atoms with E-state index < -0.39 is 4.92 Å². The van der Waals surface area contributed by atoms with Gasteiger partial charge in [-0.3, -0.25) is 14.8 Å². The standard InChI is InChI=1S/C10H8FN3O2/c11-9-3-1-8(2-4-9)6-13-7-10(5-12-13)14(15)16/h1-5,7H,6H2. The van der Waals surface area contributed by atoms with E-state index in [2.05, 4.69) is 5.10 Å². The predicted molar refractivity (Wildman–Crippen MR) is 54.4 cm³/mol. The second-order valence-corrected chi connectivity index (χ2v) is 3.28. The molecule has 0 fully saturated rings. The molecular weight excluding hydrogens is 213 g/mol. The Morgan fingerprint density at radius 2 is 2.06 bits per heavy atom. The van der Waals surface area contributed by atoms with Gasteiger partial charge in [0.2, 0.25) is 0 Å². The molecule has 16 heavy (non-hydrogen) atoms. The topological polar surface area (TPSA) is 61.0 Å². The van der Waals surface area contributed by atoms with Gasteiger partial charge >= 0.3 is 5.69 Å². The first-order valence-electron chi connectivity index (χ1n) is 4.56. The zero-order valence-electron chi connectivity index (χ0n) is 8.21. The number of hydrogen-bond acceptors (Lipinski definition) is 3. The third kappa shape index (κ3) is 2.22. The van der Waals surface area contributed by atoms with Gasteiger partial charge in [0.1, 0.15) is 18.2 Å². The maximum atomic E-state index is 12.6. The van der Waals surface area contributed by atoms with E-state index in [1.807, 2.05) is 0 Å². The van der Waals surface area contributed by atoms with Crippen LogP contribution in [0.15, 0.2) is 36.7 Å². The summed E-state index contributed by atoms with van der Waals surface area (Å²) in [6.07, 6.45) is 2.52. The number of nitro groups is 1. The molecule has 0 N–H and O–H groups in total. The van der Waals surface area contributed by atoms with E-state index in [0.29, 0.717) is 6.54 Å². The van der Waals surface area contributed by atoms with Gasteiger partial charge in [0.25, 0.3) is 0 Å². The zero-order chi connectivity index (χ0) is 11.5. The highest BCUT2D eigenvalue weighted by atomic mass is 19.1. The molecule has 5 nitrogen and oxygen atoms in total. The van der Waals surface area contributed by atoms with E-state index in [4.69, 9.17) is 0 Å². The molecule has 0 amide bonds. The van der Waals surface area contributed by atoms with Gasteiger partial charge < -0.3 is 0 Å². The van der Waals surface area contributed by atoms with Crippen molar-refractivity contribution in [3.8, 4) is 0 Å². The van der Waals surface area contributed by atoms with Crippen LogP contribution in [-0.2, 0) is 6.54 Å². The van der Waals surface area contributed by atoms with Gasteiger partial charge in [-0.25, -0.2) is 4.39 Å². The molecular formula is C10H8FN3O2. The highest BCUT2D eigenvalue weighted by molar-refractivity contribution is 5.22. The maximum Gasteiger partial charge on any atom is 0.307 e. The van der Waals surface area contributed by atoms with E-state index >= 15 is 0 Å². The van der Waals surface area contributed by atoms with Crippen LogP contribution in [0, 0.1) is 15.9 Å². The zero-order valence-corrected chi connectivity index (χ0v) is 8.21. The average molecular weight is 221 g/mol. The summed E-state index contributed by atoms with van der Waals surface area (Å²) < 4.78 is 14.1. The van der Waals surface area contributed by atoms with Crippen molar-refractivity contribution in [2.24, 2.45) is 0 Å². The molecule has 6 heteroatoms. The van der Waals surface area contributed by atoms with E-state index in [1.165, 1.54) is 29.2 Å². The first-order valence-corrected chi connectivity index (χ1v) is 4.56. The van der Waals surface area contributed by atoms with Crippen molar-refractivity contribution in [2.75, 3.05) is 0 Å². The fourth-order valence-corrected chi connectivity index (χ4v) is 1.31. The summed E-state index contributed by atoms with van der Waals surface area (Å²) in [5.74, 6) is -0.310. The quantitative estimate of drug-likeness (QED) is 0.588. The van der Waals surface area contributed by atoms with Crippen LogP contribution in [0.25, 0.3) is 0 Å². The van der Waals surface area contributed by atoms with Gasteiger partial charge in [-0.1, -0.05) is 12.1 Å². The molecule has 0 radical (unpaired) electrons. The molecule has 0 aliphatic carbocycles. The molecule has 0 aliphatic heterocycles. The Balaban J connectivity index is 2.14. The van der Waals surface area contributed by atoms with Crippen LogP contribution in [0.5, 0.6) is 0 Å². The molecule has 2 aromatic rings. The van der Waals surface area contributed by atoms with E-state index in [0.717, 1.165) is 5.56 Å². The highest BCUT2D eigenvalue weighted by Gasteiger charge is 2.08. The molecule has 82 valence electrons. The van der Waals surface area contributed by atoms with Crippen molar-refractivity contribution >= 4 is 5.69 Å². The summed E-state index contributed by atoms with van der Waals surface area (Å²) in [5, 5.41) is 14.3. The second kappa shape index (κ2) is 4.09. The number of benzene rings is 1. The second-order valence-electron chi connectivity index (χ2n) is 3.28. The Morgan fingerprint density at radius 3 is 2.62 bits per heavy atom. The lowest BCUT2D eigenvalue weighted by Gasteiger charge is -2.00. The van der Waals surface area contributed by atoms with Gasteiger partial charge in [0, 0.05) is 0 Å². The van der Waals surface area contributed by atoms with Gasteiger partial charge in [-0.2, -0.15) is 5.10 Å². The molecule has 1 aromatic carbocycles. The van der Waals surface area contributed by atoms with E-state index in [1.54, 1.807) is 12.1 Å². The lowest BCUT2D eigenvalue weighted by Crippen LogP contribution is -1.99. The molecule has 0 saturated heterocycles. The smallest absolute Gasteiger partial charge is 0.261 e. The fourth-order valence-electron chi connectivity index (χ4n) is 1.31. The largest absolute Gasteiger partial charge is 0.307 e. The minimum Gasteiger partial charge on any atom is -0.261 e. The van der Waals surface area contributed by atoms with Gasteiger partial charge in [0.15, 0.2) is 0 Å². The summed E-state index contributed by atoms with van der Waals surface area (Å²) in [6.45, 7) is 0.383. The SMILES string of the molecule is O=[N+]([O-])c1cnn(Cc2ccc(F)cc2)c1. The molecule has 1 heterocycles. The Bertz CT molecular complexity index is 507. The lowest BCUT2D eigenvalue weighted by molar-refractivity contribution is -0.385. The Kier molecular flexibility index (Phi) is 2.63. The molecule has 0 saturated carbocycles. The minimum absolute atomic E-state index is 0.0536. The Labute approximate surface area is 90.3 Å². The summed E-state index contributed by atoms with van der Waals surface area (Å²) in [7, 11) is 0. The number of rotatable bonds is 3. The van der Waals surface area contributed by atoms with Crippen molar-refractivity contribution in [3.05, 3.63) is 58.2 Å². The minimum atomic E-state index is -0.506. The van der Waals surface area contributed by atoms with Crippen LogP contribution in [0.3, 0.4) is 0 Å². The fraction of sp³-hybridized carbons (Fsp3) is 0.100. The van der Waals surface area contributed by atoms with Crippen LogP contribution in [0.1, 0.15) is 5.56 Å². The number of halogens is 1. The first kappa shape index (κ1) is 10.3. The molecule has 0 bridgehead atoms. The van der Waals surface area contributed by atoms with Crippen molar-refractivity contribution in [3.63, 3.8) is 0 Å². The van der Waals surface area contributed by atoms with E-state index in [-0.39, 0.29) is 11.5 Å². The third-order valence-electron chi connectivity index (χ3n) is 2.09. The average Bonchev–Trinajstić information content (AvgIpc) is 2.70. The molecule has 0 atom stereocenters. The molecule has 2 rings (SSSR count). The van der Waals surface area contributed by atoms with Crippen LogP contribution < -0.4 is 0 Å². The Hall–Kier alpha value is -2.24. The van der Waals surface area contributed by atoms with Gasteiger partial charge in [-0.05, 0) is 17.7 Å². The van der Waals surface area contributed by atoms with Crippen molar-refractivity contribution in [1.29, 1.82) is 0 Å². The number of hydrogen-bond donors (Lipinski definition) is 0. The lowest BCUT2D eigenvalue weighted by atomic mass is 10.2. The molecule has 1 aromatic heterocycles. The molecule has 0 unspecified atom stereocenters. The van der Waals surface area contributed by atoms with Gasteiger partial charge in [-0.15, -0.1) is 0 Å². The number of nitrogens with zero attached hydrogens (tertiary/aromatic N) is 3. The summed E-state index contributed by atoms with van der Waals surface area (Å²) in [5.41, 5.74) is 0.779. The third-order valence-corrected chi connectivity index (χ3v) is 2.09. The normalized spacial score (nSPS) is 10.3. The van der Waals surface area contributed by atoms with E-state index in [9.17, 15) is 14.5 Å². The van der Waals surface area contributed by atoms with Crippen LogP contribution in [0.4, 0.5) is 10.1 Å². The predicted octanol–water partition coefficient (Wildman–Crippen LogP) is 1.98. The van der Waals surface area contributed by atoms with Crippen molar-refractivity contribution < 1.29 is 9.31 Å². The van der Waals surface area contributed by atoms with Gasteiger partial charge in [0.05, 0.1) is 11.5 Å². The van der Waals surface area contributed by atoms with Crippen molar-refractivity contribution in [2.45, 2.75) is 6.54 Å². The molecule has 0 spiro atoms. The number of aromatic nitrogens is 2. The summed E-state index contributed by atoms with van der Waals surface area (Å²) >= 11 is 0. The summed E-state index contributed by atoms with van der Waals surface area (Å²) in [4.78, 5) is 9.91. The molecule has 0 aliphatic rings. The van der Waals surface area contributed by atoms with Crippen molar-refractivity contribution in [1.82, 2.24) is 9.78 Å². The Morgan fingerprint density at radius 1 is 1.38 bits per heavy atom. The monoisotopic (exact) mass is 221 g/mol. The summed E-state index contributed by atoms with van der Waals surface area (Å²) in [6, 6.07) is 5.91.